The number of nitrogens with one attached hydrogen (secondary N) is 2. The van der Waals surface area contributed by atoms with Crippen molar-refractivity contribution in [2.75, 3.05) is 16.3 Å². The van der Waals surface area contributed by atoms with Gasteiger partial charge in [-0.05, 0) is 48.4 Å². The molecule has 0 radical (unpaired) electrons. The van der Waals surface area contributed by atoms with Crippen LogP contribution in [0, 0.1) is 6.92 Å². The highest BCUT2D eigenvalue weighted by molar-refractivity contribution is 7.92. The van der Waals surface area contributed by atoms with Crippen LogP contribution in [0.15, 0.2) is 48.7 Å². The van der Waals surface area contributed by atoms with Gasteiger partial charge in [0.15, 0.2) is 0 Å². The van der Waals surface area contributed by atoms with E-state index in [2.05, 4.69) is 15.0 Å². The summed E-state index contributed by atoms with van der Waals surface area (Å²) in [6.45, 7) is 1.92. The number of rotatable bonds is 5. The summed E-state index contributed by atoms with van der Waals surface area (Å²) in [4.78, 5) is 15.9. The van der Waals surface area contributed by atoms with Crippen LogP contribution in [0.25, 0.3) is 6.08 Å². The predicted octanol–water partition coefficient (Wildman–Crippen LogP) is 2.41. The van der Waals surface area contributed by atoms with E-state index in [-0.39, 0.29) is 5.91 Å². The molecule has 1 aromatic heterocycles. The van der Waals surface area contributed by atoms with E-state index in [0.717, 1.165) is 17.4 Å². The highest BCUT2D eigenvalue weighted by Crippen LogP contribution is 2.12. The van der Waals surface area contributed by atoms with Gasteiger partial charge in [0.2, 0.25) is 15.9 Å². The van der Waals surface area contributed by atoms with E-state index >= 15 is 0 Å². The summed E-state index contributed by atoms with van der Waals surface area (Å²) in [6, 6.07) is 10.3. The third kappa shape index (κ3) is 5.91. The van der Waals surface area contributed by atoms with Gasteiger partial charge in [-0.1, -0.05) is 12.1 Å². The van der Waals surface area contributed by atoms with Crippen molar-refractivity contribution in [3.63, 3.8) is 0 Å². The van der Waals surface area contributed by atoms with Crippen LogP contribution in [0.4, 0.5) is 11.5 Å². The van der Waals surface area contributed by atoms with Crippen molar-refractivity contribution < 1.29 is 13.2 Å². The number of sulfonamides is 1. The van der Waals surface area contributed by atoms with Crippen molar-refractivity contribution in [3.05, 3.63) is 59.8 Å². The van der Waals surface area contributed by atoms with Gasteiger partial charge >= 0.3 is 0 Å². The Hall–Kier alpha value is -2.67. The van der Waals surface area contributed by atoms with Crippen molar-refractivity contribution in [3.8, 4) is 0 Å². The van der Waals surface area contributed by atoms with Gasteiger partial charge in [-0.2, -0.15) is 0 Å². The van der Waals surface area contributed by atoms with Gasteiger partial charge in [0.1, 0.15) is 5.82 Å². The number of anilines is 2. The van der Waals surface area contributed by atoms with Crippen LogP contribution in [-0.4, -0.2) is 25.6 Å². The summed E-state index contributed by atoms with van der Waals surface area (Å²) in [7, 11) is -3.29. The van der Waals surface area contributed by atoms with Crippen molar-refractivity contribution >= 4 is 33.5 Å². The third-order valence-corrected chi connectivity index (χ3v) is 3.41. The fourth-order valence-corrected chi connectivity index (χ4v) is 2.38. The fourth-order valence-electron chi connectivity index (χ4n) is 1.82. The average molecular weight is 331 g/mol. The number of amides is 1. The average Bonchev–Trinajstić information content (AvgIpc) is 2.45. The van der Waals surface area contributed by atoms with Gasteiger partial charge in [0.25, 0.3) is 0 Å². The molecular weight excluding hydrogens is 314 g/mol. The maximum atomic E-state index is 11.8. The second-order valence-corrected chi connectivity index (χ2v) is 6.79. The molecule has 0 spiro atoms. The van der Waals surface area contributed by atoms with E-state index in [4.69, 9.17) is 0 Å². The molecule has 23 heavy (non-hydrogen) atoms. The van der Waals surface area contributed by atoms with Crippen LogP contribution in [-0.2, 0) is 14.8 Å². The zero-order valence-corrected chi connectivity index (χ0v) is 13.6. The quantitative estimate of drug-likeness (QED) is 0.824. The van der Waals surface area contributed by atoms with Crippen LogP contribution < -0.4 is 10.0 Å². The molecule has 1 heterocycles. The lowest BCUT2D eigenvalue weighted by molar-refractivity contribution is -0.111. The van der Waals surface area contributed by atoms with Gasteiger partial charge in [0, 0.05) is 18.0 Å². The Kier molecular flexibility index (Phi) is 5.13. The lowest BCUT2D eigenvalue weighted by Crippen LogP contribution is -2.09. The Bertz CT molecular complexity index is 828. The number of aromatic nitrogens is 1. The largest absolute Gasteiger partial charge is 0.307 e. The Morgan fingerprint density at radius 2 is 1.87 bits per heavy atom. The lowest BCUT2D eigenvalue weighted by atomic mass is 10.2. The molecular formula is C16H17N3O3S. The van der Waals surface area contributed by atoms with Crippen LogP contribution >= 0.6 is 0 Å². The minimum Gasteiger partial charge on any atom is -0.307 e. The molecule has 0 aliphatic heterocycles. The fraction of sp³-hybridized carbons (Fsp3) is 0.125. The molecule has 0 aliphatic rings. The maximum absolute atomic E-state index is 11.8. The molecule has 2 N–H and O–H groups in total. The highest BCUT2D eigenvalue weighted by Gasteiger charge is 2.01. The molecule has 120 valence electrons. The highest BCUT2D eigenvalue weighted by atomic mass is 32.2. The number of aryl methyl sites for hydroxylation is 1. The summed E-state index contributed by atoms with van der Waals surface area (Å²) in [5, 5.41) is 2.67. The summed E-state index contributed by atoms with van der Waals surface area (Å²) in [5.41, 5.74) is 2.25. The normalized spacial score (nSPS) is 11.4. The topological polar surface area (TPSA) is 88.2 Å². The number of pyridine rings is 1. The van der Waals surface area contributed by atoms with Gasteiger partial charge in [-0.3, -0.25) is 9.52 Å². The smallest absolute Gasteiger partial charge is 0.249 e. The number of hydrogen-bond donors (Lipinski definition) is 2. The molecule has 0 unspecified atom stereocenters. The lowest BCUT2D eigenvalue weighted by Gasteiger charge is -2.04. The van der Waals surface area contributed by atoms with E-state index in [1.807, 2.05) is 13.0 Å². The number of hydrogen-bond acceptors (Lipinski definition) is 4. The van der Waals surface area contributed by atoms with E-state index in [1.54, 1.807) is 42.6 Å². The SMILES string of the molecule is Cc1ccnc(NC(=O)/C=C/c2ccc(NS(C)(=O)=O)cc2)c1. The Morgan fingerprint density at radius 3 is 2.48 bits per heavy atom. The van der Waals surface area contributed by atoms with Gasteiger partial charge in [-0.15, -0.1) is 0 Å². The first-order valence-electron chi connectivity index (χ1n) is 6.81. The third-order valence-electron chi connectivity index (χ3n) is 2.81. The minimum absolute atomic E-state index is 0.290. The molecule has 6 nitrogen and oxygen atoms in total. The number of benzene rings is 1. The molecule has 0 fully saturated rings. The second-order valence-electron chi connectivity index (χ2n) is 5.04. The first kappa shape index (κ1) is 16.7. The molecule has 0 atom stereocenters. The van der Waals surface area contributed by atoms with Crippen molar-refractivity contribution in [1.29, 1.82) is 0 Å². The van der Waals surface area contributed by atoms with Gasteiger partial charge in [-0.25, -0.2) is 13.4 Å². The van der Waals surface area contributed by atoms with Crippen LogP contribution in [0.5, 0.6) is 0 Å². The summed E-state index contributed by atoms with van der Waals surface area (Å²) >= 11 is 0. The summed E-state index contributed by atoms with van der Waals surface area (Å²) in [5.74, 6) is 0.203. The molecule has 0 saturated carbocycles. The Labute approximate surface area is 135 Å². The van der Waals surface area contributed by atoms with E-state index < -0.39 is 10.0 Å². The van der Waals surface area contributed by atoms with Gasteiger partial charge in [0.05, 0.1) is 6.26 Å². The zero-order valence-electron chi connectivity index (χ0n) is 12.8. The van der Waals surface area contributed by atoms with Crippen LogP contribution in [0.2, 0.25) is 0 Å². The summed E-state index contributed by atoms with van der Waals surface area (Å²) < 4.78 is 24.6. The number of nitrogens with zero attached hydrogens (tertiary/aromatic N) is 1. The number of carbonyl (C=O) groups is 1. The molecule has 1 aromatic carbocycles. The summed E-state index contributed by atoms with van der Waals surface area (Å²) in [6.07, 6.45) is 5.74. The molecule has 2 rings (SSSR count). The molecule has 1 amide bonds. The first-order chi connectivity index (χ1) is 10.8. The van der Waals surface area contributed by atoms with Crippen molar-refractivity contribution in [2.45, 2.75) is 6.92 Å². The van der Waals surface area contributed by atoms with E-state index in [1.165, 1.54) is 6.08 Å². The molecule has 0 bridgehead atoms. The molecule has 7 heteroatoms. The van der Waals surface area contributed by atoms with Crippen LogP contribution in [0.1, 0.15) is 11.1 Å². The van der Waals surface area contributed by atoms with Crippen molar-refractivity contribution in [1.82, 2.24) is 4.98 Å². The van der Waals surface area contributed by atoms with E-state index in [9.17, 15) is 13.2 Å². The Balaban J connectivity index is 1.98. The van der Waals surface area contributed by atoms with Crippen molar-refractivity contribution in [2.24, 2.45) is 0 Å². The second kappa shape index (κ2) is 7.06. The van der Waals surface area contributed by atoms with Gasteiger partial charge < -0.3 is 5.32 Å². The van der Waals surface area contributed by atoms with E-state index in [0.29, 0.717) is 11.5 Å². The Morgan fingerprint density at radius 1 is 1.17 bits per heavy atom. The predicted molar refractivity (Wildman–Crippen MR) is 91.5 cm³/mol. The molecule has 0 saturated heterocycles. The monoisotopic (exact) mass is 331 g/mol. The zero-order chi connectivity index (χ0) is 16.9. The maximum Gasteiger partial charge on any atom is 0.249 e. The standard InChI is InChI=1S/C16H17N3O3S/c1-12-9-10-17-15(11-12)18-16(20)8-5-13-3-6-14(7-4-13)19-23(2,21)22/h3-11,19H,1-2H3,(H,17,18,20)/b8-5+. The number of carbonyl (C=O) groups excluding carboxylic acids is 1. The molecule has 0 aliphatic carbocycles. The van der Waals surface area contributed by atoms with Crippen LogP contribution in [0.3, 0.4) is 0 Å². The first-order valence-corrected chi connectivity index (χ1v) is 8.70. The molecule has 2 aromatic rings. The minimum atomic E-state index is -3.29.